The molecule has 0 saturated heterocycles. The van der Waals surface area contributed by atoms with Gasteiger partial charge in [-0.3, -0.25) is 0 Å². The summed E-state index contributed by atoms with van der Waals surface area (Å²) in [6.07, 6.45) is 0. The van der Waals surface area contributed by atoms with Gasteiger partial charge in [-0.2, -0.15) is 0 Å². The number of hydrogen-bond donors (Lipinski definition) is 0. The van der Waals surface area contributed by atoms with Gasteiger partial charge in [0.2, 0.25) is 0 Å². The molecule has 0 unspecified atom stereocenters. The van der Waals surface area contributed by atoms with E-state index in [2.05, 4.69) is 206 Å². The second-order valence-electron chi connectivity index (χ2n) is 13.8. The highest BCUT2D eigenvalue weighted by Crippen LogP contribution is 2.41. The first-order valence-corrected chi connectivity index (χ1v) is 19.4. The lowest BCUT2D eigenvalue weighted by Crippen LogP contribution is -1.95. The van der Waals surface area contributed by atoms with Crippen LogP contribution in [0, 0.1) is 0 Å². The minimum atomic E-state index is 0.708. The van der Waals surface area contributed by atoms with Gasteiger partial charge in [0.15, 0.2) is 5.82 Å². The molecule has 10 aromatic rings. The average molecular weight is 719 g/mol. The molecule has 55 heavy (non-hydrogen) atoms. The Labute approximate surface area is 324 Å². The van der Waals surface area contributed by atoms with Crippen LogP contribution in [-0.2, 0) is 0 Å². The monoisotopic (exact) mass is 718 g/mol. The molecule has 0 aliphatic rings. The average Bonchev–Trinajstić information content (AvgIpc) is 3.66. The van der Waals surface area contributed by atoms with E-state index in [4.69, 9.17) is 9.97 Å². The molecule has 258 valence electrons. The third kappa shape index (κ3) is 6.41. The van der Waals surface area contributed by atoms with E-state index in [-0.39, 0.29) is 0 Å². The van der Waals surface area contributed by atoms with Gasteiger partial charge in [-0.15, -0.1) is 11.3 Å². The van der Waals surface area contributed by atoms with E-state index in [1.807, 2.05) is 0 Å². The van der Waals surface area contributed by atoms with Crippen molar-refractivity contribution in [2.45, 2.75) is 0 Å². The van der Waals surface area contributed by atoms with Gasteiger partial charge in [0, 0.05) is 21.2 Å². The van der Waals surface area contributed by atoms with E-state index in [0.717, 1.165) is 54.7 Å². The Bertz CT molecular complexity index is 2900. The fourth-order valence-electron chi connectivity index (χ4n) is 7.50. The second-order valence-corrected chi connectivity index (χ2v) is 14.9. The van der Waals surface area contributed by atoms with E-state index >= 15 is 0 Å². The van der Waals surface area contributed by atoms with Crippen LogP contribution in [0.25, 0.3) is 98.6 Å². The molecule has 3 heteroatoms. The summed E-state index contributed by atoms with van der Waals surface area (Å²) in [6.45, 7) is 0. The zero-order valence-electron chi connectivity index (χ0n) is 29.9. The molecular weight excluding hydrogens is 685 g/mol. The maximum atomic E-state index is 5.40. The minimum absolute atomic E-state index is 0.708. The van der Waals surface area contributed by atoms with Gasteiger partial charge in [-0.1, -0.05) is 158 Å². The Kier molecular flexibility index (Phi) is 8.40. The van der Waals surface area contributed by atoms with Crippen LogP contribution >= 0.6 is 11.3 Å². The molecule has 0 bridgehead atoms. The molecule has 0 fully saturated rings. The molecule has 0 radical (unpaired) electrons. The summed E-state index contributed by atoms with van der Waals surface area (Å²) in [6, 6.07) is 73.6. The highest BCUT2D eigenvalue weighted by molar-refractivity contribution is 7.26. The molecule has 2 heterocycles. The molecule has 0 atom stereocenters. The summed E-state index contributed by atoms with van der Waals surface area (Å²) < 4.78 is 2.31. The van der Waals surface area contributed by atoms with Gasteiger partial charge in [0.1, 0.15) is 0 Å². The van der Waals surface area contributed by atoms with Gasteiger partial charge in [0.05, 0.1) is 15.9 Å². The summed E-state index contributed by atoms with van der Waals surface area (Å²) in [7, 11) is 0. The largest absolute Gasteiger partial charge is 0.226 e. The van der Waals surface area contributed by atoms with Crippen molar-refractivity contribution in [1.29, 1.82) is 0 Å². The van der Waals surface area contributed by atoms with Crippen LogP contribution in [0.5, 0.6) is 0 Å². The molecular formula is C52H34N2S. The molecule has 10 rings (SSSR count). The van der Waals surface area contributed by atoms with Crippen molar-refractivity contribution in [3.63, 3.8) is 0 Å². The molecule has 2 aromatic heterocycles. The lowest BCUT2D eigenvalue weighted by molar-refractivity contribution is 1.24. The van der Waals surface area contributed by atoms with Crippen molar-refractivity contribution >= 4 is 31.6 Å². The predicted molar refractivity (Wildman–Crippen MR) is 233 cm³/mol. The van der Waals surface area contributed by atoms with Crippen molar-refractivity contribution in [3.8, 4) is 78.3 Å². The van der Waals surface area contributed by atoms with E-state index < -0.39 is 0 Å². The summed E-state index contributed by atoms with van der Waals surface area (Å²) in [5.74, 6) is 0.708. The van der Waals surface area contributed by atoms with Crippen LogP contribution in [0.3, 0.4) is 0 Å². The van der Waals surface area contributed by atoms with Crippen molar-refractivity contribution in [2.24, 2.45) is 0 Å². The van der Waals surface area contributed by atoms with Crippen LogP contribution in [0.2, 0.25) is 0 Å². The summed E-state index contributed by atoms with van der Waals surface area (Å²) in [4.78, 5) is 10.8. The first kappa shape index (κ1) is 32.7. The number of thiophene rings is 1. The van der Waals surface area contributed by atoms with Gasteiger partial charge in [-0.25, -0.2) is 9.97 Å². The normalized spacial score (nSPS) is 11.3. The van der Waals surface area contributed by atoms with E-state index in [1.54, 1.807) is 11.3 Å². The van der Waals surface area contributed by atoms with E-state index in [9.17, 15) is 0 Å². The Morgan fingerprint density at radius 2 is 0.673 bits per heavy atom. The SMILES string of the molecule is c1ccc(-c2cccc(-c3cc(-c4cc(-c5ccccc5)cc(-c5ccccc5)c4)cc(-c4nc(-c5ccccc5)c5sc6ccccc6c5n4)c3)c2)cc1. The molecule has 0 saturated carbocycles. The standard InChI is InChI=1S/C52H34N2S/c1-5-16-35(17-6-1)39-24-15-25-40(28-39)43-32-45(44-30-41(36-18-7-2-8-19-36)29-42(31-44)37-20-9-3-10-21-37)34-46(33-43)52-53-49(38-22-11-4-12-23-38)51-50(54-52)47-26-13-14-27-48(47)55-51/h1-34H. The fraction of sp³-hybridized carbons (Fsp3) is 0. The molecule has 0 spiro atoms. The van der Waals surface area contributed by atoms with E-state index in [0.29, 0.717) is 5.82 Å². The third-order valence-electron chi connectivity index (χ3n) is 10.2. The minimum Gasteiger partial charge on any atom is -0.226 e. The summed E-state index contributed by atoms with van der Waals surface area (Å²) >= 11 is 1.76. The van der Waals surface area contributed by atoms with Crippen molar-refractivity contribution in [2.75, 3.05) is 0 Å². The van der Waals surface area contributed by atoms with Crippen LogP contribution < -0.4 is 0 Å². The molecule has 2 nitrogen and oxygen atoms in total. The number of nitrogens with zero attached hydrogens (tertiary/aromatic N) is 2. The lowest BCUT2D eigenvalue weighted by Gasteiger charge is -2.15. The zero-order chi connectivity index (χ0) is 36.6. The predicted octanol–water partition coefficient (Wildman–Crippen LogP) is 14.5. The number of fused-ring (bicyclic) bond motifs is 3. The topological polar surface area (TPSA) is 25.8 Å². The highest BCUT2D eigenvalue weighted by Gasteiger charge is 2.18. The molecule has 8 aromatic carbocycles. The summed E-state index contributed by atoms with van der Waals surface area (Å²) in [5.41, 5.74) is 15.5. The first-order valence-electron chi connectivity index (χ1n) is 18.6. The van der Waals surface area contributed by atoms with Gasteiger partial charge >= 0.3 is 0 Å². The Hall–Kier alpha value is -6.94. The first-order chi connectivity index (χ1) is 27.2. The van der Waals surface area contributed by atoms with Crippen LogP contribution in [0.4, 0.5) is 0 Å². The summed E-state index contributed by atoms with van der Waals surface area (Å²) in [5, 5.41) is 1.15. The number of rotatable bonds is 7. The smallest absolute Gasteiger partial charge is 0.160 e. The molecule has 0 aliphatic heterocycles. The number of benzene rings is 8. The van der Waals surface area contributed by atoms with Crippen molar-refractivity contribution in [3.05, 3.63) is 206 Å². The highest BCUT2D eigenvalue weighted by atomic mass is 32.1. The third-order valence-corrected chi connectivity index (χ3v) is 11.4. The van der Waals surface area contributed by atoms with Crippen LogP contribution in [-0.4, -0.2) is 9.97 Å². The van der Waals surface area contributed by atoms with Crippen LogP contribution in [0.1, 0.15) is 0 Å². The second kappa shape index (κ2) is 14.1. The van der Waals surface area contributed by atoms with Crippen molar-refractivity contribution in [1.82, 2.24) is 9.97 Å². The maximum Gasteiger partial charge on any atom is 0.160 e. The number of aromatic nitrogens is 2. The van der Waals surface area contributed by atoms with Gasteiger partial charge in [0.25, 0.3) is 0 Å². The van der Waals surface area contributed by atoms with Crippen LogP contribution in [0.15, 0.2) is 206 Å². The molecule has 0 amide bonds. The molecule has 0 N–H and O–H groups in total. The van der Waals surface area contributed by atoms with Crippen molar-refractivity contribution < 1.29 is 0 Å². The van der Waals surface area contributed by atoms with Gasteiger partial charge < -0.3 is 0 Å². The Morgan fingerprint density at radius 3 is 1.24 bits per heavy atom. The fourth-order valence-corrected chi connectivity index (χ4v) is 8.65. The zero-order valence-corrected chi connectivity index (χ0v) is 30.7. The quantitative estimate of drug-likeness (QED) is 0.164. The number of hydrogen-bond acceptors (Lipinski definition) is 3. The lowest BCUT2D eigenvalue weighted by atomic mass is 9.90. The van der Waals surface area contributed by atoms with E-state index in [1.165, 1.54) is 38.1 Å². The molecule has 0 aliphatic carbocycles. The Morgan fingerprint density at radius 1 is 0.291 bits per heavy atom. The van der Waals surface area contributed by atoms with Gasteiger partial charge in [-0.05, 0) is 104 Å². The Balaban J connectivity index is 1.23. The maximum absolute atomic E-state index is 5.40.